The van der Waals surface area contributed by atoms with Crippen molar-refractivity contribution < 1.29 is 12.3 Å². The lowest BCUT2D eigenvalue weighted by Crippen LogP contribution is -2.60. The van der Waals surface area contributed by atoms with E-state index in [1.807, 2.05) is 0 Å². The molecule has 0 aliphatic carbocycles. The minimum absolute atomic E-state index is 1.01. The Balaban J connectivity index is 5.38. The highest BCUT2D eigenvalue weighted by Crippen LogP contribution is 2.30. The van der Waals surface area contributed by atoms with Crippen LogP contribution in [0.2, 0.25) is 71.0 Å². The first-order valence-electron chi connectivity index (χ1n) is 7.79. The molecule has 0 N–H and O–H groups in total. The maximum absolute atomic E-state index is 6.60. The molecule has 0 fully saturated rings. The van der Waals surface area contributed by atoms with Crippen LogP contribution in [0.4, 0.5) is 0 Å². The van der Waals surface area contributed by atoms with Crippen molar-refractivity contribution in [3.8, 4) is 0 Å². The van der Waals surface area contributed by atoms with Crippen LogP contribution in [0.15, 0.2) is 0 Å². The zero-order chi connectivity index (χ0) is 16.2. The second-order valence-electron chi connectivity index (χ2n) is 8.43. The van der Waals surface area contributed by atoms with Crippen LogP contribution >= 0.6 is 0 Å². The lowest BCUT2D eigenvalue weighted by Gasteiger charge is -2.42. The molecule has 0 spiro atoms. The largest absolute Gasteiger partial charge is 0.469 e. The molecule has 0 aromatic heterocycles. The van der Waals surface area contributed by atoms with Crippen LogP contribution in [0.5, 0.6) is 0 Å². The molecule has 0 heterocycles. The first-order chi connectivity index (χ1) is 8.68. The Labute approximate surface area is 134 Å². The summed E-state index contributed by atoms with van der Waals surface area (Å²) in [5, 5.41) is 0. The van der Waals surface area contributed by atoms with Crippen LogP contribution in [0.3, 0.4) is 0 Å². The van der Waals surface area contributed by atoms with E-state index in [2.05, 4.69) is 58.9 Å². The van der Waals surface area contributed by atoms with Gasteiger partial charge in [0.05, 0.1) is 0 Å². The molecular formula is C12H36O3Si5. The molecule has 0 rings (SSSR count). The molecule has 0 aliphatic heterocycles. The summed E-state index contributed by atoms with van der Waals surface area (Å²) in [6, 6.07) is 2.31. The van der Waals surface area contributed by atoms with E-state index in [0.29, 0.717) is 0 Å². The summed E-state index contributed by atoms with van der Waals surface area (Å²) in [6.07, 6.45) is 1.19. The van der Waals surface area contributed by atoms with E-state index in [-0.39, 0.29) is 0 Å². The quantitative estimate of drug-likeness (QED) is 0.581. The highest BCUT2D eigenvalue weighted by molar-refractivity contribution is 6.90. The molecular weight excluding hydrogens is 333 g/mol. The van der Waals surface area contributed by atoms with Crippen molar-refractivity contribution in [2.24, 2.45) is 0 Å². The van der Waals surface area contributed by atoms with Crippen molar-refractivity contribution in [2.45, 2.75) is 77.4 Å². The molecule has 0 radical (unpaired) electrons. The van der Waals surface area contributed by atoms with Gasteiger partial charge in [-0.1, -0.05) is 12.5 Å². The molecule has 0 atom stereocenters. The van der Waals surface area contributed by atoms with E-state index < -0.39 is 33.8 Å². The highest BCUT2D eigenvalue weighted by Gasteiger charge is 2.49. The van der Waals surface area contributed by atoms with Gasteiger partial charge in [-0.05, 0) is 58.9 Å². The van der Waals surface area contributed by atoms with E-state index in [1.54, 1.807) is 0 Å². The average molecular weight is 369 g/mol. The fraction of sp³-hybridized carbons (Fsp3) is 1.00. The van der Waals surface area contributed by atoms with Crippen molar-refractivity contribution in [3.05, 3.63) is 0 Å². The lowest BCUT2D eigenvalue weighted by molar-refractivity contribution is 0.251. The molecule has 0 bridgehead atoms. The van der Waals surface area contributed by atoms with Crippen LogP contribution in [0, 0.1) is 0 Å². The Morgan fingerprint density at radius 1 is 0.650 bits per heavy atom. The summed E-state index contributed by atoms with van der Waals surface area (Å²) in [5.74, 6) is 0. The third kappa shape index (κ3) is 10.7. The Hall–Kier alpha value is 0.964. The van der Waals surface area contributed by atoms with E-state index in [1.165, 1.54) is 22.7 Å². The first-order valence-corrected chi connectivity index (χ1v) is 21.4. The van der Waals surface area contributed by atoms with Crippen molar-refractivity contribution in [1.29, 1.82) is 0 Å². The highest BCUT2D eigenvalue weighted by atomic mass is 28.5. The van der Waals surface area contributed by atoms with Gasteiger partial charge in [-0.3, -0.25) is 0 Å². The maximum Gasteiger partial charge on any atom is 0.469 e. The van der Waals surface area contributed by atoms with E-state index in [0.717, 1.165) is 6.04 Å². The Kier molecular flexibility index (Phi) is 7.85. The van der Waals surface area contributed by atoms with E-state index in [9.17, 15) is 0 Å². The normalized spacial score (nSPS) is 14.8. The van der Waals surface area contributed by atoms with Gasteiger partial charge in [-0.25, -0.2) is 0 Å². The van der Waals surface area contributed by atoms with Gasteiger partial charge in [0.1, 0.15) is 0 Å². The first kappa shape index (κ1) is 21.0. The zero-order valence-corrected chi connectivity index (χ0v) is 21.3. The second kappa shape index (κ2) is 7.49. The zero-order valence-electron chi connectivity index (χ0n) is 15.3. The Morgan fingerprint density at radius 3 is 1.15 bits per heavy atom. The van der Waals surface area contributed by atoms with E-state index in [4.69, 9.17) is 12.3 Å². The predicted molar refractivity (Wildman–Crippen MR) is 103 cm³/mol. The summed E-state index contributed by atoms with van der Waals surface area (Å²) in [5.41, 5.74) is 0. The molecule has 0 saturated carbocycles. The summed E-state index contributed by atoms with van der Waals surface area (Å²) in [7, 11) is -6.29. The minimum Gasteiger partial charge on any atom is -0.417 e. The van der Waals surface area contributed by atoms with Crippen LogP contribution in [-0.4, -0.2) is 44.0 Å². The maximum atomic E-state index is 6.60. The van der Waals surface area contributed by atoms with Gasteiger partial charge in [0, 0.05) is 16.3 Å². The fourth-order valence-corrected chi connectivity index (χ4v) is 17.9. The topological polar surface area (TPSA) is 27.7 Å². The average Bonchev–Trinajstić information content (AvgIpc) is 2.05. The van der Waals surface area contributed by atoms with Crippen molar-refractivity contribution in [3.63, 3.8) is 0 Å². The summed E-state index contributed by atoms with van der Waals surface area (Å²) >= 11 is 0. The van der Waals surface area contributed by atoms with Gasteiger partial charge in [0.15, 0.2) is 25.0 Å². The molecule has 0 amide bonds. The number of hydrogen-bond acceptors (Lipinski definition) is 3. The monoisotopic (exact) mass is 368 g/mol. The molecule has 20 heavy (non-hydrogen) atoms. The standard InChI is InChI=1S/C12H36O3Si5/c1-17(2,3)13-20(12-10-11-16,14-18(4,5)6)15-19(7,8)9/h10-12H2,1-9,16H3. The lowest BCUT2D eigenvalue weighted by atomic mass is 10.6. The molecule has 0 unspecified atom stereocenters. The summed E-state index contributed by atoms with van der Waals surface area (Å²) < 4.78 is 19.8. The van der Waals surface area contributed by atoms with Crippen LogP contribution in [0.25, 0.3) is 0 Å². The second-order valence-corrected chi connectivity index (χ2v) is 26.4. The summed E-state index contributed by atoms with van der Waals surface area (Å²) in [6.45, 7) is 20.2. The smallest absolute Gasteiger partial charge is 0.417 e. The Bertz CT molecular complexity index is 250. The van der Waals surface area contributed by atoms with Gasteiger partial charge in [-0.2, -0.15) is 0 Å². The van der Waals surface area contributed by atoms with E-state index >= 15 is 0 Å². The van der Waals surface area contributed by atoms with Crippen LogP contribution in [0.1, 0.15) is 6.42 Å². The van der Waals surface area contributed by atoms with Crippen molar-refractivity contribution >= 4 is 44.0 Å². The van der Waals surface area contributed by atoms with Gasteiger partial charge in [-0.15, -0.1) is 0 Å². The predicted octanol–water partition coefficient (Wildman–Crippen LogP) is 3.65. The van der Waals surface area contributed by atoms with Gasteiger partial charge < -0.3 is 12.3 Å². The summed E-state index contributed by atoms with van der Waals surface area (Å²) in [4.78, 5) is 0. The third-order valence-electron chi connectivity index (χ3n) is 2.22. The van der Waals surface area contributed by atoms with Gasteiger partial charge in [0.2, 0.25) is 0 Å². The molecule has 0 aromatic rings. The molecule has 8 heteroatoms. The van der Waals surface area contributed by atoms with Crippen molar-refractivity contribution in [1.82, 2.24) is 0 Å². The van der Waals surface area contributed by atoms with Crippen LogP contribution in [-0.2, 0) is 12.3 Å². The molecule has 0 aliphatic rings. The van der Waals surface area contributed by atoms with Gasteiger partial charge >= 0.3 is 8.80 Å². The minimum atomic E-state index is -2.52. The van der Waals surface area contributed by atoms with Crippen LogP contribution < -0.4 is 0 Å². The Morgan fingerprint density at radius 2 is 0.950 bits per heavy atom. The molecule has 0 saturated heterocycles. The molecule has 3 nitrogen and oxygen atoms in total. The number of rotatable bonds is 9. The number of hydrogen-bond donors (Lipinski definition) is 0. The third-order valence-corrected chi connectivity index (χ3v) is 15.0. The SMILES string of the molecule is C[Si](C)(C)O[Si](CCC[SiH3])(O[Si](C)(C)C)O[Si](C)(C)C. The van der Waals surface area contributed by atoms with Crippen molar-refractivity contribution in [2.75, 3.05) is 0 Å². The fourth-order valence-electron chi connectivity index (χ4n) is 2.01. The van der Waals surface area contributed by atoms with Gasteiger partial charge in [0.25, 0.3) is 0 Å². The molecule has 0 aromatic carbocycles. The molecule has 122 valence electrons.